The number of benzene rings is 1. The molecule has 1 N–H and O–H groups in total. The molecule has 12 heavy (non-hydrogen) atoms. The minimum atomic E-state index is 0.226. The molecule has 0 bridgehead atoms. The predicted molar refractivity (Wildman–Crippen MR) is 59.7 cm³/mol. The zero-order valence-electron chi connectivity index (χ0n) is 7.13. The summed E-state index contributed by atoms with van der Waals surface area (Å²) in [5.41, 5.74) is 2.55. The molecule has 0 fully saturated rings. The molecular weight excluding hydrogens is 263 g/mol. The second-order valence-corrected chi connectivity index (χ2v) is 3.72. The largest absolute Gasteiger partial charge is 0.396 e. The predicted octanol–water partition coefficient (Wildman–Crippen LogP) is 2.72. The van der Waals surface area contributed by atoms with E-state index in [9.17, 15) is 0 Å². The van der Waals surface area contributed by atoms with E-state index in [1.54, 1.807) is 0 Å². The summed E-state index contributed by atoms with van der Waals surface area (Å²) in [5.74, 6) is 0.258. The molecule has 1 unspecified atom stereocenters. The lowest BCUT2D eigenvalue weighted by atomic mass is 10.0. The minimum Gasteiger partial charge on any atom is -0.396 e. The molecule has 0 aliphatic carbocycles. The zero-order valence-corrected chi connectivity index (χ0v) is 9.28. The van der Waals surface area contributed by atoms with Crippen molar-refractivity contribution in [3.63, 3.8) is 0 Å². The smallest absolute Gasteiger partial charge is 0.0497 e. The van der Waals surface area contributed by atoms with Crippen LogP contribution in [0.4, 0.5) is 0 Å². The summed E-state index contributed by atoms with van der Waals surface area (Å²) < 4.78 is 1.05. The summed E-state index contributed by atoms with van der Waals surface area (Å²) >= 11 is 2.34. The Morgan fingerprint density at radius 1 is 1.33 bits per heavy atom. The van der Waals surface area contributed by atoms with Gasteiger partial charge in [0.25, 0.3) is 0 Å². The Morgan fingerprint density at radius 2 is 1.92 bits per heavy atom. The molecule has 1 atom stereocenters. The maximum absolute atomic E-state index is 8.91. The van der Waals surface area contributed by atoms with E-state index in [4.69, 9.17) is 5.11 Å². The number of aliphatic hydroxyl groups is 1. The van der Waals surface area contributed by atoms with Crippen molar-refractivity contribution in [3.8, 4) is 0 Å². The number of hydrogen-bond donors (Lipinski definition) is 1. The highest BCUT2D eigenvalue weighted by atomic mass is 127. The van der Waals surface area contributed by atoms with Crippen LogP contribution in [0.25, 0.3) is 0 Å². The number of hydrogen-bond acceptors (Lipinski definition) is 1. The van der Waals surface area contributed by atoms with Gasteiger partial charge in [-0.2, -0.15) is 0 Å². The van der Waals surface area contributed by atoms with Crippen molar-refractivity contribution in [2.45, 2.75) is 17.3 Å². The lowest BCUT2D eigenvalue weighted by Gasteiger charge is -2.07. The van der Waals surface area contributed by atoms with Gasteiger partial charge in [-0.1, -0.05) is 53.8 Å². The number of rotatable bonds is 3. The summed E-state index contributed by atoms with van der Waals surface area (Å²) in [4.78, 5) is 0. The van der Waals surface area contributed by atoms with E-state index < -0.39 is 0 Å². The van der Waals surface area contributed by atoms with Crippen molar-refractivity contribution in [2.75, 3.05) is 6.61 Å². The molecule has 0 aromatic heterocycles. The van der Waals surface area contributed by atoms with Gasteiger partial charge in [-0.15, -0.1) is 0 Å². The Hall–Kier alpha value is -0.0900. The third kappa shape index (κ3) is 2.45. The van der Waals surface area contributed by atoms with Gasteiger partial charge in [-0.05, 0) is 11.1 Å². The lowest BCUT2D eigenvalue weighted by Crippen LogP contribution is -1.98. The highest BCUT2D eigenvalue weighted by Crippen LogP contribution is 2.16. The van der Waals surface area contributed by atoms with Crippen molar-refractivity contribution in [2.24, 2.45) is 0 Å². The first-order valence-electron chi connectivity index (χ1n) is 4.03. The highest BCUT2D eigenvalue weighted by Gasteiger charge is 2.02. The normalized spacial score (nSPS) is 12.9. The summed E-state index contributed by atoms with van der Waals surface area (Å²) in [5, 5.41) is 8.91. The Bertz CT molecular complexity index is 230. The fourth-order valence-electron chi connectivity index (χ4n) is 1.04. The molecule has 0 amide bonds. The van der Waals surface area contributed by atoms with Crippen LogP contribution in [0.1, 0.15) is 24.0 Å². The van der Waals surface area contributed by atoms with Gasteiger partial charge in [0.05, 0.1) is 0 Å². The van der Waals surface area contributed by atoms with Gasteiger partial charge < -0.3 is 5.11 Å². The monoisotopic (exact) mass is 276 g/mol. The summed E-state index contributed by atoms with van der Waals surface area (Å²) in [6.45, 7) is 2.25. The van der Waals surface area contributed by atoms with Crippen LogP contribution in [0.15, 0.2) is 24.3 Å². The van der Waals surface area contributed by atoms with Gasteiger partial charge >= 0.3 is 0 Å². The van der Waals surface area contributed by atoms with Crippen molar-refractivity contribution in [1.82, 2.24) is 0 Å². The van der Waals surface area contributed by atoms with Crippen LogP contribution >= 0.6 is 22.6 Å². The zero-order chi connectivity index (χ0) is 8.97. The van der Waals surface area contributed by atoms with Gasteiger partial charge in [0.1, 0.15) is 0 Å². The number of halogens is 1. The van der Waals surface area contributed by atoms with Crippen molar-refractivity contribution in [1.29, 1.82) is 0 Å². The summed E-state index contributed by atoms with van der Waals surface area (Å²) in [6, 6.07) is 8.42. The van der Waals surface area contributed by atoms with Crippen LogP contribution < -0.4 is 0 Å². The van der Waals surface area contributed by atoms with E-state index in [1.165, 1.54) is 11.1 Å². The third-order valence-electron chi connectivity index (χ3n) is 1.98. The maximum Gasteiger partial charge on any atom is 0.0497 e. The van der Waals surface area contributed by atoms with Gasteiger partial charge in [0, 0.05) is 17.0 Å². The molecule has 1 rings (SSSR count). The Kier molecular flexibility index (Phi) is 4.01. The topological polar surface area (TPSA) is 20.2 Å². The minimum absolute atomic E-state index is 0.226. The lowest BCUT2D eigenvalue weighted by molar-refractivity contribution is 0.273. The summed E-state index contributed by atoms with van der Waals surface area (Å²) in [6.07, 6.45) is 0. The van der Waals surface area contributed by atoms with Crippen LogP contribution in [0, 0.1) is 0 Å². The van der Waals surface area contributed by atoms with Crippen LogP contribution in [-0.2, 0) is 4.43 Å². The molecule has 1 aromatic rings. The molecule has 1 nitrogen and oxygen atoms in total. The van der Waals surface area contributed by atoms with Crippen LogP contribution in [0.2, 0.25) is 0 Å². The number of aliphatic hydroxyl groups excluding tert-OH is 1. The molecule has 2 heteroatoms. The molecule has 0 spiro atoms. The van der Waals surface area contributed by atoms with E-state index in [1.807, 2.05) is 6.92 Å². The molecule has 0 heterocycles. The van der Waals surface area contributed by atoms with E-state index in [0.29, 0.717) is 0 Å². The second-order valence-electron chi connectivity index (χ2n) is 2.96. The first kappa shape index (κ1) is 9.99. The first-order chi connectivity index (χ1) is 5.77. The van der Waals surface area contributed by atoms with E-state index in [2.05, 4.69) is 46.9 Å². The average molecular weight is 276 g/mol. The molecule has 66 valence electrons. The number of alkyl halides is 1. The molecule has 0 aliphatic rings. The maximum atomic E-state index is 8.91. The molecule has 0 radical (unpaired) electrons. The van der Waals surface area contributed by atoms with Crippen molar-refractivity contribution < 1.29 is 5.11 Å². The van der Waals surface area contributed by atoms with Crippen molar-refractivity contribution >= 4 is 22.6 Å². The molecule has 0 saturated carbocycles. The third-order valence-corrected chi connectivity index (χ3v) is 2.86. The van der Waals surface area contributed by atoms with Crippen LogP contribution in [-0.4, -0.2) is 11.7 Å². The SMILES string of the molecule is CC(CO)c1ccc(CI)cc1. The van der Waals surface area contributed by atoms with Crippen LogP contribution in [0.5, 0.6) is 0 Å². The van der Waals surface area contributed by atoms with Gasteiger partial charge in [-0.25, -0.2) is 0 Å². The van der Waals surface area contributed by atoms with Gasteiger partial charge in [0.15, 0.2) is 0 Å². The highest BCUT2D eigenvalue weighted by molar-refractivity contribution is 14.1. The molecule has 0 saturated heterocycles. The van der Waals surface area contributed by atoms with Crippen molar-refractivity contribution in [3.05, 3.63) is 35.4 Å². The fourth-order valence-corrected chi connectivity index (χ4v) is 1.55. The quantitative estimate of drug-likeness (QED) is 0.664. The molecule has 1 aromatic carbocycles. The second kappa shape index (κ2) is 4.82. The van der Waals surface area contributed by atoms with Crippen LogP contribution in [0.3, 0.4) is 0 Å². The Morgan fingerprint density at radius 3 is 2.33 bits per heavy atom. The fraction of sp³-hybridized carbons (Fsp3) is 0.400. The van der Waals surface area contributed by atoms with E-state index >= 15 is 0 Å². The standard InChI is InChI=1S/C10H13IO/c1-8(7-12)10-4-2-9(6-11)3-5-10/h2-5,8,12H,6-7H2,1H3. The average Bonchev–Trinajstić information content (AvgIpc) is 2.17. The van der Waals surface area contributed by atoms with Gasteiger partial charge in [0.2, 0.25) is 0 Å². The molecule has 0 aliphatic heterocycles. The first-order valence-corrected chi connectivity index (χ1v) is 5.56. The molecular formula is C10H13IO. The van der Waals surface area contributed by atoms with E-state index in [-0.39, 0.29) is 12.5 Å². The summed E-state index contributed by atoms with van der Waals surface area (Å²) in [7, 11) is 0. The Labute approximate surface area is 86.9 Å². The van der Waals surface area contributed by atoms with Gasteiger partial charge in [-0.3, -0.25) is 0 Å². The Balaban J connectivity index is 2.77. The van der Waals surface area contributed by atoms with E-state index in [0.717, 1.165) is 4.43 Å².